The zero-order valence-corrected chi connectivity index (χ0v) is 18.3. The third-order valence-corrected chi connectivity index (χ3v) is 6.50. The summed E-state index contributed by atoms with van der Waals surface area (Å²) in [5.74, 6) is 1.04. The van der Waals surface area contributed by atoms with Gasteiger partial charge in [-0.1, -0.05) is 25.1 Å². The molecule has 2 aromatic carbocycles. The number of fused-ring (bicyclic) bond motifs is 1. The maximum atomic E-state index is 12.9. The molecule has 3 aromatic rings. The van der Waals surface area contributed by atoms with Crippen molar-refractivity contribution in [3.05, 3.63) is 59.9 Å². The van der Waals surface area contributed by atoms with Gasteiger partial charge in [0.15, 0.2) is 0 Å². The number of hydrogen-bond donors (Lipinski definition) is 1. The van der Waals surface area contributed by atoms with Crippen LogP contribution in [0.5, 0.6) is 5.75 Å². The van der Waals surface area contributed by atoms with Gasteiger partial charge in [-0.05, 0) is 37.3 Å². The van der Waals surface area contributed by atoms with Gasteiger partial charge in [0.25, 0.3) is 0 Å². The van der Waals surface area contributed by atoms with Crippen LogP contribution in [0, 0.1) is 0 Å². The summed E-state index contributed by atoms with van der Waals surface area (Å²) in [6.07, 6.45) is 0.700. The number of sulfonamides is 1. The molecule has 0 bridgehead atoms. The molecule has 1 N–H and O–H groups in total. The molecular formula is C22H26N2O5S. The highest BCUT2D eigenvalue weighted by molar-refractivity contribution is 7.89. The molecule has 0 saturated carbocycles. The summed E-state index contributed by atoms with van der Waals surface area (Å²) in [7, 11) is -0.684. The fraction of sp³-hybridized carbons (Fsp3) is 0.318. The number of furan rings is 1. The van der Waals surface area contributed by atoms with Gasteiger partial charge in [0.05, 0.1) is 18.0 Å². The molecule has 30 heavy (non-hydrogen) atoms. The second-order valence-electron chi connectivity index (χ2n) is 7.07. The molecule has 0 fully saturated rings. The standard InChI is InChI=1S/C22H26N2O5S/c1-5-20-19(18-8-6-7-9-21(18)29-20)14-24(3)22(25)15(2)23-30(26,27)17-12-10-16(28-4)11-13-17/h6-13,15,23H,5,14H2,1-4H3/t15-/m0/s1. The number of nitrogens with one attached hydrogen (secondary N) is 1. The lowest BCUT2D eigenvalue weighted by atomic mass is 10.1. The molecule has 0 aliphatic heterocycles. The number of benzene rings is 2. The summed E-state index contributed by atoms with van der Waals surface area (Å²) in [5.41, 5.74) is 1.72. The lowest BCUT2D eigenvalue weighted by Gasteiger charge is -2.22. The molecular weight excluding hydrogens is 404 g/mol. The Kier molecular flexibility index (Phi) is 6.48. The van der Waals surface area contributed by atoms with Crippen LogP contribution in [-0.2, 0) is 27.8 Å². The fourth-order valence-corrected chi connectivity index (χ4v) is 4.56. The molecule has 0 aliphatic rings. The van der Waals surface area contributed by atoms with E-state index < -0.39 is 16.1 Å². The average Bonchev–Trinajstić information content (AvgIpc) is 3.10. The molecule has 0 radical (unpaired) electrons. The van der Waals surface area contributed by atoms with E-state index in [-0.39, 0.29) is 10.8 Å². The van der Waals surface area contributed by atoms with Crippen LogP contribution in [0.4, 0.5) is 0 Å². The van der Waals surface area contributed by atoms with Crippen LogP contribution < -0.4 is 9.46 Å². The van der Waals surface area contributed by atoms with E-state index in [1.54, 1.807) is 19.2 Å². The molecule has 7 nitrogen and oxygen atoms in total. The Morgan fingerprint density at radius 1 is 1.17 bits per heavy atom. The third-order valence-electron chi connectivity index (χ3n) is 4.95. The predicted molar refractivity (Wildman–Crippen MR) is 115 cm³/mol. The molecule has 0 spiro atoms. The van der Waals surface area contributed by atoms with E-state index in [9.17, 15) is 13.2 Å². The predicted octanol–water partition coefficient (Wildman–Crippen LogP) is 3.33. The van der Waals surface area contributed by atoms with Gasteiger partial charge in [-0.25, -0.2) is 8.42 Å². The topological polar surface area (TPSA) is 88.9 Å². The Morgan fingerprint density at radius 2 is 1.83 bits per heavy atom. The van der Waals surface area contributed by atoms with Crippen molar-refractivity contribution in [3.63, 3.8) is 0 Å². The van der Waals surface area contributed by atoms with Gasteiger partial charge < -0.3 is 14.1 Å². The van der Waals surface area contributed by atoms with E-state index in [1.165, 1.54) is 31.1 Å². The van der Waals surface area contributed by atoms with Crippen LogP contribution in [-0.4, -0.2) is 39.4 Å². The van der Waals surface area contributed by atoms with E-state index in [4.69, 9.17) is 9.15 Å². The highest BCUT2D eigenvalue weighted by atomic mass is 32.2. The van der Waals surface area contributed by atoms with E-state index in [0.717, 1.165) is 22.3 Å². The van der Waals surface area contributed by atoms with Crippen LogP contribution in [0.3, 0.4) is 0 Å². The normalized spacial score (nSPS) is 12.7. The SMILES string of the molecule is CCc1oc2ccccc2c1CN(C)C(=O)[C@H](C)NS(=O)(=O)c1ccc(OC)cc1. The number of para-hydroxylation sites is 1. The maximum absolute atomic E-state index is 12.9. The molecule has 1 heterocycles. The van der Waals surface area contributed by atoms with Gasteiger partial charge in [0.1, 0.15) is 17.1 Å². The largest absolute Gasteiger partial charge is 0.497 e. The van der Waals surface area contributed by atoms with E-state index in [0.29, 0.717) is 18.7 Å². The second-order valence-corrected chi connectivity index (χ2v) is 8.78. The summed E-state index contributed by atoms with van der Waals surface area (Å²) >= 11 is 0. The third kappa shape index (κ3) is 4.49. The Hall–Kier alpha value is -2.84. The number of ether oxygens (including phenoxy) is 1. The monoisotopic (exact) mass is 430 g/mol. The zero-order valence-electron chi connectivity index (χ0n) is 17.5. The first-order valence-electron chi connectivity index (χ1n) is 9.67. The van der Waals surface area contributed by atoms with Crippen molar-refractivity contribution in [2.75, 3.05) is 14.2 Å². The molecule has 8 heteroatoms. The van der Waals surface area contributed by atoms with Crippen LogP contribution >= 0.6 is 0 Å². The molecule has 0 unspecified atom stereocenters. The summed E-state index contributed by atoms with van der Waals surface area (Å²) in [6.45, 7) is 3.86. The van der Waals surface area contributed by atoms with Gasteiger partial charge in [0, 0.05) is 31.0 Å². The van der Waals surface area contributed by atoms with E-state index >= 15 is 0 Å². The van der Waals surface area contributed by atoms with Crippen molar-refractivity contribution < 1.29 is 22.4 Å². The van der Waals surface area contributed by atoms with Crippen molar-refractivity contribution in [2.45, 2.75) is 37.8 Å². The number of rotatable bonds is 8. The van der Waals surface area contributed by atoms with E-state index in [1.807, 2.05) is 31.2 Å². The molecule has 160 valence electrons. The lowest BCUT2D eigenvalue weighted by Crippen LogP contribution is -2.45. The molecule has 1 atom stereocenters. The Labute approximate surface area is 176 Å². The maximum Gasteiger partial charge on any atom is 0.241 e. The Morgan fingerprint density at radius 3 is 2.47 bits per heavy atom. The molecule has 1 amide bonds. The first-order chi connectivity index (χ1) is 14.3. The van der Waals surface area contributed by atoms with Crippen LogP contribution in [0.2, 0.25) is 0 Å². The lowest BCUT2D eigenvalue weighted by molar-refractivity contribution is -0.131. The zero-order chi connectivity index (χ0) is 21.9. The first-order valence-corrected chi connectivity index (χ1v) is 11.2. The Balaban J connectivity index is 1.74. The molecule has 1 aromatic heterocycles. The van der Waals surface area contributed by atoms with Gasteiger partial charge in [-0.3, -0.25) is 4.79 Å². The smallest absolute Gasteiger partial charge is 0.241 e. The minimum absolute atomic E-state index is 0.0692. The number of likely N-dealkylation sites (N-methyl/N-ethyl adjacent to an activating group) is 1. The van der Waals surface area contributed by atoms with Crippen molar-refractivity contribution >= 4 is 26.9 Å². The van der Waals surface area contributed by atoms with E-state index in [2.05, 4.69) is 4.72 Å². The quantitative estimate of drug-likeness (QED) is 0.592. The fourth-order valence-electron chi connectivity index (χ4n) is 3.36. The van der Waals surface area contributed by atoms with Crippen molar-refractivity contribution in [3.8, 4) is 5.75 Å². The summed E-state index contributed by atoms with van der Waals surface area (Å²) < 4.78 is 38.6. The minimum atomic E-state index is -3.84. The number of carbonyl (C=O) groups is 1. The summed E-state index contributed by atoms with van der Waals surface area (Å²) in [4.78, 5) is 14.4. The first kappa shape index (κ1) is 21.9. The van der Waals surface area contributed by atoms with Crippen molar-refractivity contribution in [1.29, 1.82) is 0 Å². The number of aryl methyl sites for hydroxylation is 1. The van der Waals surface area contributed by atoms with Gasteiger partial charge in [0.2, 0.25) is 15.9 Å². The molecule has 3 rings (SSSR count). The molecule has 0 saturated heterocycles. The number of amides is 1. The van der Waals surface area contributed by atoms with Crippen molar-refractivity contribution in [1.82, 2.24) is 9.62 Å². The van der Waals surface area contributed by atoms with Gasteiger partial charge >= 0.3 is 0 Å². The number of methoxy groups -OCH3 is 1. The minimum Gasteiger partial charge on any atom is -0.497 e. The van der Waals surface area contributed by atoms with Crippen LogP contribution in [0.1, 0.15) is 25.2 Å². The number of nitrogens with zero attached hydrogens (tertiary/aromatic N) is 1. The highest BCUT2D eigenvalue weighted by Gasteiger charge is 2.25. The second kappa shape index (κ2) is 8.89. The Bertz CT molecular complexity index is 1140. The number of carbonyl (C=O) groups excluding carboxylic acids is 1. The van der Waals surface area contributed by atoms with Gasteiger partial charge in [-0.15, -0.1) is 0 Å². The summed E-state index contributed by atoms with van der Waals surface area (Å²) in [5, 5.41) is 0.959. The van der Waals surface area contributed by atoms with Crippen molar-refractivity contribution in [2.24, 2.45) is 0 Å². The average molecular weight is 431 g/mol. The van der Waals surface area contributed by atoms with Crippen LogP contribution in [0.25, 0.3) is 11.0 Å². The van der Waals surface area contributed by atoms with Gasteiger partial charge in [-0.2, -0.15) is 4.72 Å². The number of hydrogen-bond acceptors (Lipinski definition) is 5. The highest BCUT2D eigenvalue weighted by Crippen LogP contribution is 2.27. The van der Waals surface area contributed by atoms with Crippen LogP contribution in [0.15, 0.2) is 57.8 Å². The summed E-state index contributed by atoms with van der Waals surface area (Å²) in [6, 6.07) is 12.7. The molecule has 0 aliphatic carbocycles.